The number of carbonyl (C=O) groups is 2. The second-order valence-electron chi connectivity index (χ2n) is 3.58. The molecule has 2 rings (SSSR count). The maximum absolute atomic E-state index is 13.6. The van der Waals surface area contributed by atoms with Gasteiger partial charge in [-0.3, -0.25) is 4.79 Å². The lowest BCUT2D eigenvalue weighted by atomic mass is 10.1. The first-order chi connectivity index (χ1) is 9.04. The van der Waals surface area contributed by atoms with Crippen molar-refractivity contribution in [2.24, 2.45) is 0 Å². The van der Waals surface area contributed by atoms with Crippen molar-refractivity contribution >= 4 is 27.7 Å². The van der Waals surface area contributed by atoms with Gasteiger partial charge < -0.3 is 9.15 Å². The molecule has 1 aromatic heterocycles. The molecule has 0 saturated carbocycles. The lowest BCUT2D eigenvalue weighted by Crippen LogP contribution is -2.04. The van der Waals surface area contributed by atoms with E-state index < -0.39 is 17.6 Å². The van der Waals surface area contributed by atoms with Gasteiger partial charge in [0.05, 0.1) is 12.7 Å². The molecule has 6 heteroatoms. The summed E-state index contributed by atoms with van der Waals surface area (Å²) >= 11 is 3.10. The molecule has 0 N–H and O–H groups in total. The fourth-order valence-corrected chi connectivity index (χ4v) is 2.03. The number of hydrogen-bond donors (Lipinski definition) is 0. The number of halogens is 2. The highest BCUT2D eigenvalue weighted by Gasteiger charge is 2.22. The number of esters is 1. The molecule has 0 amide bonds. The van der Waals surface area contributed by atoms with Gasteiger partial charge in [0.15, 0.2) is 5.76 Å². The molecule has 98 valence electrons. The van der Waals surface area contributed by atoms with E-state index in [0.717, 1.165) is 0 Å². The Morgan fingerprint density at radius 2 is 1.89 bits per heavy atom. The van der Waals surface area contributed by atoms with Crippen molar-refractivity contribution in [1.29, 1.82) is 0 Å². The number of ether oxygens (including phenoxy) is 1. The summed E-state index contributed by atoms with van der Waals surface area (Å²) in [5.41, 5.74) is -0.145. The van der Waals surface area contributed by atoms with Gasteiger partial charge >= 0.3 is 5.97 Å². The Hall–Kier alpha value is -1.95. The molecule has 0 saturated heterocycles. The third kappa shape index (κ3) is 2.58. The van der Waals surface area contributed by atoms with E-state index in [-0.39, 0.29) is 17.1 Å². The van der Waals surface area contributed by atoms with Crippen molar-refractivity contribution in [3.05, 3.63) is 57.7 Å². The molecule has 0 bridgehead atoms. The number of hydrogen-bond acceptors (Lipinski definition) is 4. The molecule has 0 fully saturated rings. The fraction of sp³-hybridized carbons (Fsp3) is 0.0769. The largest absolute Gasteiger partial charge is 0.463 e. The van der Waals surface area contributed by atoms with Crippen LogP contribution in [0.2, 0.25) is 0 Å². The Balaban J connectivity index is 2.40. The quantitative estimate of drug-likeness (QED) is 0.642. The first-order valence-corrected chi connectivity index (χ1v) is 6.00. The third-order valence-electron chi connectivity index (χ3n) is 2.41. The predicted molar refractivity (Wildman–Crippen MR) is 67.6 cm³/mol. The van der Waals surface area contributed by atoms with Crippen molar-refractivity contribution in [1.82, 2.24) is 0 Å². The number of methoxy groups -OCH3 is 1. The van der Waals surface area contributed by atoms with Crippen molar-refractivity contribution < 1.29 is 23.1 Å². The van der Waals surface area contributed by atoms with E-state index in [9.17, 15) is 14.0 Å². The summed E-state index contributed by atoms with van der Waals surface area (Å²) < 4.78 is 23.5. The van der Waals surface area contributed by atoms with Gasteiger partial charge in [-0.2, -0.15) is 0 Å². The van der Waals surface area contributed by atoms with Gasteiger partial charge in [-0.25, -0.2) is 9.18 Å². The first kappa shape index (κ1) is 13.5. The standard InChI is InChI=1S/C13H8BrFO4/c1-18-13(17)10-6-5-9(19-10)12(16)11-7(14)3-2-4-8(11)15/h2-6H,1H3. The van der Waals surface area contributed by atoms with Gasteiger partial charge in [0.2, 0.25) is 11.5 Å². The Kier molecular flexibility index (Phi) is 3.80. The van der Waals surface area contributed by atoms with Crippen LogP contribution >= 0.6 is 15.9 Å². The van der Waals surface area contributed by atoms with E-state index in [4.69, 9.17) is 4.42 Å². The highest BCUT2D eigenvalue weighted by Crippen LogP contribution is 2.23. The Morgan fingerprint density at radius 1 is 1.21 bits per heavy atom. The molecular weight excluding hydrogens is 319 g/mol. The van der Waals surface area contributed by atoms with Crippen LogP contribution in [0.25, 0.3) is 0 Å². The van der Waals surface area contributed by atoms with Crippen LogP contribution in [0.15, 0.2) is 39.2 Å². The summed E-state index contributed by atoms with van der Waals surface area (Å²) in [5.74, 6) is -2.27. The van der Waals surface area contributed by atoms with E-state index in [1.807, 2.05) is 0 Å². The highest BCUT2D eigenvalue weighted by molar-refractivity contribution is 9.10. The summed E-state index contributed by atoms with van der Waals surface area (Å²) in [6, 6.07) is 6.78. The van der Waals surface area contributed by atoms with Gasteiger partial charge in [-0.15, -0.1) is 0 Å². The SMILES string of the molecule is COC(=O)c1ccc(C(=O)c2c(F)cccc2Br)o1. The van der Waals surface area contributed by atoms with E-state index in [0.29, 0.717) is 4.47 Å². The Labute approximate surface area is 116 Å². The van der Waals surface area contributed by atoms with Gasteiger partial charge in [-0.1, -0.05) is 6.07 Å². The topological polar surface area (TPSA) is 56.5 Å². The van der Waals surface area contributed by atoms with Gasteiger partial charge in [-0.05, 0) is 40.2 Å². The lowest BCUT2D eigenvalue weighted by Gasteiger charge is -2.02. The van der Waals surface area contributed by atoms with E-state index in [1.54, 1.807) is 6.07 Å². The number of furan rings is 1. The first-order valence-electron chi connectivity index (χ1n) is 5.21. The fourth-order valence-electron chi connectivity index (χ4n) is 1.51. The molecule has 0 aliphatic rings. The predicted octanol–water partition coefficient (Wildman–Crippen LogP) is 3.20. The zero-order chi connectivity index (χ0) is 14.0. The second-order valence-corrected chi connectivity index (χ2v) is 4.44. The molecule has 1 aromatic carbocycles. The van der Waals surface area contributed by atoms with Crippen LogP contribution < -0.4 is 0 Å². The van der Waals surface area contributed by atoms with Crippen molar-refractivity contribution in [3.8, 4) is 0 Å². The summed E-state index contributed by atoms with van der Waals surface area (Å²) in [6.45, 7) is 0. The second kappa shape index (κ2) is 5.36. The Morgan fingerprint density at radius 3 is 2.53 bits per heavy atom. The van der Waals surface area contributed by atoms with Crippen LogP contribution in [-0.4, -0.2) is 18.9 Å². The number of rotatable bonds is 3. The average molecular weight is 327 g/mol. The molecule has 2 aromatic rings. The number of ketones is 1. The number of benzene rings is 1. The summed E-state index contributed by atoms with van der Waals surface area (Å²) in [5, 5.41) is 0. The zero-order valence-electron chi connectivity index (χ0n) is 9.78. The van der Waals surface area contributed by atoms with E-state index in [2.05, 4.69) is 20.7 Å². The molecule has 0 radical (unpaired) electrons. The van der Waals surface area contributed by atoms with Crippen molar-refractivity contribution in [2.45, 2.75) is 0 Å². The van der Waals surface area contributed by atoms with Crippen LogP contribution in [0.1, 0.15) is 26.7 Å². The smallest absolute Gasteiger partial charge is 0.373 e. The van der Waals surface area contributed by atoms with Crippen LogP contribution in [0.5, 0.6) is 0 Å². The molecule has 0 aliphatic carbocycles. The normalized spacial score (nSPS) is 10.3. The summed E-state index contributed by atoms with van der Waals surface area (Å²) in [6.07, 6.45) is 0. The minimum atomic E-state index is -0.702. The van der Waals surface area contributed by atoms with E-state index >= 15 is 0 Å². The molecule has 0 aliphatic heterocycles. The summed E-state index contributed by atoms with van der Waals surface area (Å²) in [7, 11) is 1.19. The van der Waals surface area contributed by atoms with Crippen molar-refractivity contribution in [3.63, 3.8) is 0 Å². The van der Waals surface area contributed by atoms with Crippen molar-refractivity contribution in [2.75, 3.05) is 7.11 Å². The monoisotopic (exact) mass is 326 g/mol. The van der Waals surface area contributed by atoms with E-state index in [1.165, 1.54) is 31.4 Å². The van der Waals surface area contributed by atoms with Crippen LogP contribution in [0.3, 0.4) is 0 Å². The average Bonchev–Trinajstić information content (AvgIpc) is 2.87. The maximum Gasteiger partial charge on any atom is 0.373 e. The Bertz CT molecular complexity index is 628. The minimum Gasteiger partial charge on any atom is -0.463 e. The number of carbonyl (C=O) groups excluding carboxylic acids is 2. The van der Waals surface area contributed by atoms with Gasteiger partial charge in [0.25, 0.3) is 0 Å². The maximum atomic E-state index is 13.6. The molecule has 19 heavy (non-hydrogen) atoms. The molecular formula is C13H8BrFO4. The molecule has 4 nitrogen and oxygen atoms in total. The third-order valence-corrected chi connectivity index (χ3v) is 3.07. The van der Waals surface area contributed by atoms with Gasteiger partial charge in [0, 0.05) is 4.47 Å². The van der Waals surface area contributed by atoms with Crippen LogP contribution in [-0.2, 0) is 4.74 Å². The molecule has 0 spiro atoms. The summed E-state index contributed by atoms with van der Waals surface area (Å²) in [4.78, 5) is 23.3. The molecule has 0 atom stereocenters. The molecule has 1 heterocycles. The zero-order valence-corrected chi connectivity index (χ0v) is 11.4. The minimum absolute atomic E-state index is 0.113. The van der Waals surface area contributed by atoms with Crippen LogP contribution in [0.4, 0.5) is 4.39 Å². The highest BCUT2D eigenvalue weighted by atomic mass is 79.9. The van der Waals surface area contributed by atoms with Gasteiger partial charge in [0.1, 0.15) is 5.82 Å². The van der Waals surface area contributed by atoms with Crippen LogP contribution in [0, 0.1) is 5.82 Å². The molecule has 0 unspecified atom stereocenters. The lowest BCUT2D eigenvalue weighted by molar-refractivity contribution is 0.0563.